The number of piperazine rings is 1. The number of carbonyl (C=O) groups excluding carboxylic acids is 2. The third-order valence-electron chi connectivity index (χ3n) is 8.06. The van der Waals surface area contributed by atoms with Gasteiger partial charge in [-0.1, -0.05) is 36.4 Å². The zero-order chi connectivity index (χ0) is 28.2. The van der Waals surface area contributed by atoms with Crippen LogP contribution < -0.4 is 9.47 Å². The minimum absolute atomic E-state index is 0.00908. The van der Waals surface area contributed by atoms with Gasteiger partial charge in [-0.05, 0) is 67.8 Å². The summed E-state index contributed by atoms with van der Waals surface area (Å²) in [5.74, 6) is 0.436. The van der Waals surface area contributed by atoms with Gasteiger partial charge >= 0.3 is 0 Å². The van der Waals surface area contributed by atoms with Gasteiger partial charge < -0.3 is 24.3 Å². The molecule has 206 valence electrons. The molecule has 4 aromatic rings. The highest BCUT2D eigenvalue weighted by Gasteiger charge is 2.56. The van der Waals surface area contributed by atoms with Gasteiger partial charge in [-0.15, -0.1) is 0 Å². The summed E-state index contributed by atoms with van der Waals surface area (Å²) in [5, 5.41) is 1.01. The Morgan fingerprint density at radius 2 is 1.80 bits per heavy atom. The second-order valence-electron chi connectivity index (χ2n) is 11.0. The van der Waals surface area contributed by atoms with E-state index in [2.05, 4.69) is 11.1 Å². The van der Waals surface area contributed by atoms with Crippen molar-refractivity contribution in [1.29, 1.82) is 0 Å². The van der Waals surface area contributed by atoms with Crippen LogP contribution in [0.3, 0.4) is 0 Å². The fourth-order valence-corrected chi connectivity index (χ4v) is 6.17. The molecule has 0 radical (unpaired) electrons. The van der Waals surface area contributed by atoms with Crippen molar-refractivity contribution >= 4 is 22.7 Å². The van der Waals surface area contributed by atoms with Crippen LogP contribution in [0.25, 0.3) is 10.9 Å². The minimum atomic E-state index is -1.22. The van der Waals surface area contributed by atoms with Crippen molar-refractivity contribution in [3.05, 3.63) is 94.9 Å². The van der Waals surface area contributed by atoms with E-state index in [9.17, 15) is 14.0 Å². The molecule has 0 spiro atoms. The van der Waals surface area contributed by atoms with E-state index < -0.39 is 5.54 Å². The number of ether oxygens (including phenoxy) is 2. The Hall–Kier alpha value is -4.33. The van der Waals surface area contributed by atoms with Crippen LogP contribution in [0.1, 0.15) is 49.1 Å². The van der Waals surface area contributed by atoms with Crippen molar-refractivity contribution in [2.75, 3.05) is 20.2 Å². The predicted molar refractivity (Wildman–Crippen MR) is 150 cm³/mol. The van der Waals surface area contributed by atoms with E-state index in [4.69, 9.17) is 9.47 Å². The number of hydrogen-bond acceptors (Lipinski definition) is 4. The van der Waals surface area contributed by atoms with E-state index in [1.165, 1.54) is 12.1 Å². The maximum atomic E-state index is 14.2. The second kappa shape index (κ2) is 9.70. The number of hydrogen-bond donors (Lipinski definition) is 1. The molecule has 2 atom stereocenters. The largest absolute Gasteiger partial charge is 0.493 e. The van der Waals surface area contributed by atoms with Crippen molar-refractivity contribution < 1.29 is 23.5 Å². The molecule has 2 unspecified atom stereocenters. The lowest BCUT2D eigenvalue weighted by Crippen LogP contribution is -2.67. The van der Waals surface area contributed by atoms with Gasteiger partial charge in [-0.3, -0.25) is 9.59 Å². The van der Waals surface area contributed by atoms with Crippen molar-refractivity contribution in [3.8, 4) is 11.5 Å². The lowest BCUT2D eigenvalue weighted by molar-refractivity contribution is -0.166. The van der Waals surface area contributed by atoms with Crippen LogP contribution in [0.4, 0.5) is 4.39 Å². The van der Waals surface area contributed by atoms with Gasteiger partial charge in [0.05, 0.1) is 18.9 Å². The molecule has 2 amide bonds. The molecule has 1 saturated heterocycles. The van der Waals surface area contributed by atoms with Crippen LogP contribution in [-0.4, -0.2) is 52.9 Å². The van der Waals surface area contributed by atoms with Crippen LogP contribution in [0.5, 0.6) is 11.5 Å². The third kappa shape index (κ3) is 4.10. The Bertz CT molecular complexity index is 1610. The summed E-state index contributed by atoms with van der Waals surface area (Å²) in [6.45, 7) is 6.28. The van der Waals surface area contributed by atoms with E-state index >= 15 is 0 Å². The Kier molecular flexibility index (Phi) is 6.28. The summed E-state index contributed by atoms with van der Waals surface area (Å²) in [4.78, 5) is 34.8. The van der Waals surface area contributed by atoms with Crippen molar-refractivity contribution in [1.82, 2.24) is 14.8 Å². The van der Waals surface area contributed by atoms with Crippen molar-refractivity contribution in [3.63, 3.8) is 0 Å². The Morgan fingerprint density at radius 3 is 2.52 bits per heavy atom. The molecule has 2 aliphatic rings. The number of nitrogens with zero attached hydrogens (tertiary/aromatic N) is 2. The number of fused-ring (bicyclic) bond motifs is 5. The Labute approximate surface area is 232 Å². The summed E-state index contributed by atoms with van der Waals surface area (Å²) in [5.41, 5.74) is 3.14. The number of aromatic amines is 1. The van der Waals surface area contributed by atoms with Gasteiger partial charge in [0, 0.05) is 29.9 Å². The van der Waals surface area contributed by atoms with E-state index in [1.54, 1.807) is 29.0 Å². The van der Waals surface area contributed by atoms with Crippen LogP contribution in [0.15, 0.2) is 66.7 Å². The molecule has 1 fully saturated rings. The van der Waals surface area contributed by atoms with Crippen molar-refractivity contribution in [2.45, 2.75) is 44.9 Å². The fourth-order valence-electron chi connectivity index (χ4n) is 6.17. The lowest BCUT2D eigenvalue weighted by atomic mass is 9.76. The summed E-state index contributed by atoms with van der Waals surface area (Å²) in [6.07, 6.45) is -0.00908. The summed E-state index contributed by atoms with van der Waals surface area (Å²) in [6, 6.07) is 19.9. The highest BCUT2D eigenvalue weighted by Crippen LogP contribution is 2.49. The summed E-state index contributed by atoms with van der Waals surface area (Å²) in [7, 11) is 1.61. The van der Waals surface area contributed by atoms with Gasteiger partial charge in [-0.25, -0.2) is 4.39 Å². The molecule has 0 aliphatic carbocycles. The lowest BCUT2D eigenvalue weighted by Gasteiger charge is -2.51. The van der Waals surface area contributed by atoms with E-state index in [-0.39, 0.29) is 42.7 Å². The molecule has 40 heavy (non-hydrogen) atoms. The first-order chi connectivity index (χ1) is 19.2. The van der Waals surface area contributed by atoms with Gasteiger partial charge in [0.25, 0.3) is 5.91 Å². The van der Waals surface area contributed by atoms with Crippen LogP contribution >= 0.6 is 0 Å². The number of H-pyrrole nitrogens is 1. The highest BCUT2D eigenvalue weighted by atomic mass is 19.1. The minimum Gasteiger partial charge on any atom is -0.493 e. The molecule has 2 aliphatic heterocycles. The van der Waals surface area contributed by atoms with Gasteiger partial charge in [0.2, 0.25) is 5.91 Å². The topological polar surface area (TPSA) is 74.9 Å². The number of para-hydroxylation sites is 1. The predicted octanol–water partition coefficient (Wildman–Crippen LogP) is 5.33. The molecule has 0 bridgehead atoms. The highest BCUT2D eigenvalue weighted by molar-refractivity contribution is 6.01. The Morgan fingerprint density at radius 1 is 1.05 bits per heavy atom. The van der Waals surface area contributed by atoms with Crippen LogP contribution in [-0.2, 0) is 21.7 Å². The number of halogens is 1. The number of nitrogens with one attached hydrogen (secondary N) is 1. The maximum absolute atomic E-state index is 14.2. The number of aromatic nitrogens is 1. The van der Waals surface area contributed by atoms with E-state index in [0.29, 0.717) is 23.7 Å². The molecule has 7 nitrogen and oxygen atoms in total. The average Bonchev–Trinajstić information content (AvgIpc) is 3.34. The summed E-state index contributed by atoms with van der Waals surface area (Å²) >= 11 is 0. The van der Waals surface area contributed by atoms with Gasteiger partial charge in [0.15, 0.2) is 17.0 Å². The molecule has 0 saturated carbocycles. The van der Waals surface area contributed by atoms with Crippen LogP contribution in [0.2, 0.25) is 0 Å². The standard InChI is InChI=1S/C32H32FN3O4/c1-19(2)40-26-14-11-21(15-27(26)39-4)24-17-36-28(37)18-35(16-20-9-12-22(33)13-10-20)31(38)32(36,3)30-29(24)23-7-5-6-8-25(23)34-30/h5-15,19,24,34H,16-18H2,1-4H3. The average molecular weight is 542 g/mol. The van der Waals surface area contributed by atoms with Crippen LogP contribution in [0, 0.1) is 5.82 Å². The number of amides is 2. The molecular weight excluding hydrogens is 509 g/mol. The number of methoxy groups -OCH3 is 1. The number of benzene rings is 3. The molecule has 6 rings (SSSR count). The fraction of sp³-hybridized carbons (Fsp3) is 0.312. The SMILES string of the molecule is COc1cc(C2CN3C(=O)CN(Cc4ccc(F)cc4)C(=O)C3(C)c3[nH]c4ccccc4c32)ccc1OC(C)C. The first kappa shape index (κ1) is 25.9. The zero-order valence-corrected chi connectivity index (χ0v) is 23.0. The maximum Gasteiger partial charge on any atom is 0.255 e. The molecule has 1 N–H and O–H groups in total. The van der Waals surface area contributed by atoms with E-state index in [0.717, 1.165) is 27.6 Å². The first-order valence-electron chi connectivity index (χ1n) is 13.5. The molecule has 1 aromatic heterocycles. The van der Waals surface area contributed by atoms with Crippen molar-refractivity contribution in [2.24, 2.45) is 0 Å². The molecular formula is C32H32FN3O4. The number of rotatable bonds is 6. The monoisotopic (exact) mass is 541 g/mol. The third-order valence-corrected chi connectivity index (χ3v) is 8.06. The second-order valence-corrected chi connectivity index (χ2v) is 11.0. The molecule has 8 heteroatoms. The zero-order valence-electron chi connectivity index (χ0n) is 23.0. The quantitative estimate of drug-likeness (QED) is 0.358. The normalized spacial score (nSPS) is 20.6. The smallest absolute Gasteiger partial charge is 0.255 e. The first-order valence-corrected chi connectivity index (χ1v) is 13.5. The van der Waals surface area contributed by atoms with E-state index in [1.807, 2.05) is 57.2 Å². The van der Waals surface area contributed by atoms with Gasteiger partial charge in [-0.2, -0.15) is 0 Å². The van der Waals surface area contributed by atoms with Gasteiger partial charge in [0.1, 0.15) is 12.4 Å². The Balaban J connectivity index is 1.47. The molecule has 3 aromatic carbocycles. The molecule has 3 heterocycles. The number of carbonyl (C=O) groups is 2. The summed E-state index contributed by atoms with van der Waals surface area (Å²) < 4.78 is 25.1.